The van der Waals surface area contributed by atoms with E-state index in [1.54, 1.807) is 16.8 Å². The summed E-state index contributed by atoms with van der Waals surface area (Å²) in [6, 6.07) is 7.78. The molecule has 25 heavy (non-hydrogen) atoms. The lowest BCUT2D eigenvalue weighted by molar-refractivity contribution is 0.769. The molecule has 7 heteroatoms. The van der Waals surface area contributed by atoms with Crippen molar-refractivity contribution in [2.24, 2.45) is 4.99 Å². The van der Waals surface area contributed by atoms with E-state index in [1.165, 1.54) is 11.3 Å². The number of benzene rings is 1. The second kappa shape index (κ2) is 6.25. The Labute approximate surface area is 148 Å². The number of aryl methyl sites for hydroxylation is 1. The molecule has 3 heterocycles. The number of nitrogen functional groups attached to an aromatic ring is 1. The van der Waals surface area contributed by atoms with E-state index in [4.69, 9.17) is 5.73 Å². The molecule has 1 aliphatic heterocycles. The Kier molecular flexibility index (Phi) is 3.93. The van der Waals surface area contributed by atoms with Crippen molar-refractivity contribution in [2.75, 3.05) is 5.73 Å². The van der Waals surface area contributed by atoms with Gasteiger partial charge in [-0.1, -0.05) is 42.9 Å². The van der Waals surface area contributed by atoms with Crippen LogP contribution in [0.5, 0.6) is 0 Å². The third-order valence-electron chi connectivity index (χ3n) is 4.14. The molecule has 0 aliphatic carbocycles. The molecule has 0 spiro atoms. The first-order valence-corrected chi connectivity index (χ1v) is 9.02. The number of nitrogens with two attached hydrogens (primary N) is 1. The number of rotatable bonds is 4. The molecule has 1 aliphatic rings. The molecule has 6 nitrogen and oxygen atoms in total. The predicted molar refractivity (Wildman–Crippen MR) is 103 cm³/mol. The summed E-state index contributed by atoms with van der Waals surface area (Å²) in [5.41, 5.74) is 8.96. The van der Waals surface area contributed by atoms with Gasteiger partial charge < -0.3 is 5.73 Å². The number of aliphatic imine (C=N–C) groups is 1. The van der Waals surface area contributed by atoms with Crippen LogP contribution in [0.4, 0.5) is 11.5 Å². The van der Waals surface area contributed by atoms with Gasteiger partial charge in [-0.2, -0.15) is 14.6 Å². The Morgan fingerprint density at radius 2 is 2.16 bits per heavy atom. The van der Waals surface area contributed by atoms with Gasteiger partial charge in [0.15, 0.2) is 0 Å². The molecule has 0 atom stereocenters. The average Bonchev–Trinajstić information content (AvgIpc) is 3.21. The number of nitrogens with zero attached hydrogens (tertiary/aromatic N) is 4. The number of fused-ring (bicyclic) bond motifs is 2. The summed E-state index contributed by atoms with van der Waals surface area (Å²) in [7, 11) is 0. The number of allylic oxidation sites excluding steroid dienone is 1. The first-order chi connectivity index (χ1) is 12.2. The van der Waals surface area contributed by atoms with Gasteiger partial charge in [0, 0.05) is 23.8 Å². The van der Waals surface area contributed by atoms with E-state index < -0.39 is 0 Å². The minimum absolute atomic E-state index is 0.319. The van der Waals surface area contributed by atoms with Gasteiger partial charge in [-0.25, -0.2) is 0 Å². The van der Waals surface area contributed by atoms with E-state index in [9.17, 15) is 4.79 Å². The van der Waals surface area contributed by atoms with Gasteiger partial charge in [0.2, 0.25) is 4.96 Å². The van der Waals surface area contributed by atoms with Crippen LogP contribution < -0.4 is 11.3 Å². The highest BCUT2D eigenvalue weighted by Gasteiger charge is 2.16. The molecule has 126 valence electrons. The van der Waals surface area contributed by atoms with Gasteiger partial charge in [-0.15, -0.1) is 0 Å². The van der Waals surface area contributed by atoms with E-state index in [0.29, 0.717) is 16.3 Å². The normalized spacial score (nSPS) is 14.5. The third-order valence-corrected chi connectivity index (χ3v) is 5.10. The maximum atomic E-state index is 12.5. The van der Waals surface area contributed by atoms with Crippen LogP contribution in [0.3, 0.4) is 0 Å². The Balaban J connectivity index is 1.82. The molecule has 0 amide bonds. The van der Waals surface area contributed by atoms with Crippen molar-refractivity contribution in [3.8, 4) is 0 Å². The lowest BCUT2D eigenvalue weighted by atomic mass is 10.1. The number of hydrogen-bond acceptors (Lipinski definition) is 6. The highest BCUT2D eigenvalue weighted by Crippen LogP contribution is 2.32. The SMILES string of the molecule is CCCCc1nn2c(N)c(/C=C3\C=Nc4ccccc43)c(=O)nc2s1. The van der Waals surface area contributed by atoms with Crippen LogP contribution >= 0.6 is 11.3 Å². The van der Waals surface area contributed by atoms with Crippen molar-refractivity contribution in [3.63, 3.8) is 0 Å². The van der Waals surface area contributed by atoms with Crippen LogP contribution in [-0.2, 0) is 6.42 Å². The molecule has 4 rings (SSSR count). The zero-order valence-electron chi connectivity index (χ0n) is 13.8. The topological polar surface area (TPSA) is 85.6 Å². The number of para-hydroxylation sites is 1. The van der Waals surface area contributed by atoms with E-state index in [-0.39, 0.29) is 5.56 Å². The fourth-order valence-corrected chi connectivity index (χ4v) is 3.73. The molecular formula is C18H17N5OS. The number of unbranched alkanes of at least 4 members (excludes halogenated alkanes) is 1. The zero-order chi connectivity index (χ0) is 17.4. The van der Waals surface area contributed by atoms with Crippen LogP contribution in [-0.4, -0.2) is 20.8 Å². The van der Waals surface area contributed by atoms with Crippen molar-refractivity contribution in [2.45, 2.75) is 26.2 Å². The molecule has 2 aromatic heterocycles. The van der Waals surface area contributed by atoms with E-state index in [1.807, 2.05) is 24.3 Å². The van der Waals surface area contributed by atoms with Crippen molar-refractivity contribution in [1.82, 2.24) is 14.6 Å². The summed E-state index contributed by atoms with van der Waals surface area (Å²) in [5.74, 6) is 0.319. The maximum absolute atomic E-state index is 12.5. The van der Waals surface area contributed by atoms with Crippen LogP contribution in [0.25, 0.3) is 16.6 Å². The summed E-state index contributed by atoms with van der Waals surface area (Å²) in [5, 5.41) is 5.46. The summed E-state index contributed by atoms with van der Waals surface area (Å²) in [4.78, 5) is 21.5. The minimum atomic E-state index is -0.339. The van der Waals surface area contributed by atoms with Crippen LogP contribution in [0.1, 0.15) is 35.9 Å². The molecule has 1 aromatic carbocycles. The lowest BCUT2D eigenvalue weighted by Crippen LogP contribution is -2.16. The number of anilines is 1. The van der Waals surface area contributed by atoms with Gasteiger partial charge in [0.1, 0.15) is 10.8 Å². The second-order valence-electron chi connectivity index (χ2n) is 5.88. The van der Waals surface area contributed by atoms with Gasteiger partial charge in [-0.3, -0.25) is 9.79 Å². The first kappa shape index (κ1) is 15.7. The summed E-state index contributed by atoms with van der Waals surface area (Å²) >= 11 is 1.42. The Bertz CT molecular complexity index is 1080. The molecule has 0 fully saturated rings. The molecule has 3 aromatic rings. The number of hydrogen-bond donors (Lipinski definition) is 1. The molecular weight excluding hydrogens is 334 g/mol. The van der Waals surface area contributed by atoms with Crippen LogP contribution in [0.2, 0.25) is 0 Å². The van der Waals surface area contributed by atoms with Gasteiger partial charge >= 0.3 is 0 Å². The quantitative estimate of drug-likeness (QED) is 0.781. The van der Waals surface area contributed by atoms with E-state index >= 15 is 0 Å². The third kappa shape index (κ3) is 2.76. The Morgan fingerprint density at radius 3 is 3.00 bits per heavy atom. The summed E-state index contributed by atoms with van der Waals surface area (Å²) < 4.78 is 1.57. The smallest absolute Gasteiger partial charge is 0.283 e. The highest BCUT2D eigenvalue weighted by molar-refractivity contribution is 7.16. The van der Waals surface area contributed by atoms with E-state index in [0.717, 1.165) is 41.1 Å². The minimum Gasteiger partial charge on any atom is -0.383 e. The highest BCUT2D eigenvalue weighted by atomic mass is 32.1. The van der Waals surface area contributed by atoms with Crippen LogP contribution in [0, 0.1) is 0 Å². The second-order valence-corrected chi connectivity index (χ2v) is 6.93. The van der Waals surface area contributed by atoms with Gasteiger partial charge in [0.05, 0.1) is 11.3 Å². The Morgan fingerprint density at radius 1 is 1.32 bits per heavy atom. The Hall–Kier alpha value is -2.80. The summed E-state index contributed by atoms with van der Waals surface area (Å²) in [6.07, 6.45) is 6.50. The van der Waals surface area contributed by atoms with Crippen molar-refractivity contribution >= 4 is 45.7 Å². The van der Waals surface area contributed by atoms with Gasteiger partial charge in [-0.05, 0) is 18.6 Å². The average molecular weight is 351 g/mol. The molecule has 0 saturated carbocycles. The zero-order valence-corrected chi connectivity index (χ0v) is 14.6. The molecule has 0 radical (unpaired) electrons. The van der Waals surface area contributed by atoms with Gasteiger partial charge in [0.25, 0.3) is 5.56 Å². The largest absolute Gasteiger partial charge is 0.383 e. The van der Waals surface area contributed by atoms with E-state index in [2.05, 4.69) is 22.0 Å². The number of aromatic nitrogens is 3. The first-order valence-electron chi connectivity index (χ1n) is 8.20. The summed E-state index contributed by atoms with van der Waals surface area (Å²) in [6.45, 7) is 2.13. The fourth-order valence-electron chi connectivity index (χ4n) is 2.80. The predicted octanol–water partition coefficient (Wildman–Crippen LogP) is 3.33. The molecule has 0 unspecified atom stereocenters. The van der Waals surface area contributed by atoms with Crippen molar-refractivity contribution < 1.29 is 0 Å². The van der Waals surface area contributed by atoms with Crippen molar-refractivity contribution in [1.29, 1.82) is 0 Å². The lowest BCUT2D eigenvalue weighted by Gasteiger charge is -2.03. The molecule has 0 bridgehead atoms. The van der Waals surface area contributed by atoms with Crippen LogP contribution in [0.15, 0.2) is 34.1 Å². The molecule has 2 N–H and O–H groups in total. The monoisotopic (exact) mass is 351 g/mol. The fraction of sp³-hybridized carbons (Fsp3) is 0.222. The molecule has 0 saturated heterocycles. The maximum Gasteiger partial charge on any atom is 0.283 e. The standard InChI is InChI=1S/C18H17N5OS/c1-2-3-8-15-22-23-16(19)13(17(24)21-18(23)25-15)9-11-10-20-14-7-5-4-6-12(11)14/h4-7,9-10H,2-3,8,19H2,1H3/b11-9+. The van der Waals surface area contributed by atoms with Crippen molar-refractivity contribution in [3.05, 3.63) is 50.8 Å².